The number of nitrogens with two attached hydrogens (primary N) is 1. The van der Waals surface area contributed by atoms with Crippen LogP contribution >= 0.6 is 0 Å². The second kappa shape index (κ2) is 11.3. The second-order valence-electron chi connectivity index (χ2n) is 7.97. The number of halogens is 1. The molecule has 3 atom stereocenters. The van der Waals surface area contributed by atoms with E-state index in [1.807, 2.05) is 13.8 Å². The molecule has 1 heterocycles. The molecule has 1 aliphatic rings. The first-order valence-electron chi connectivity index (χ1n) is 10.2. The van der Waals surface area contributed by atoms with Crippen LogP contribution in [0.4, 0.5) is 4.39 Å². The average Bonchev–Trinajstić information content (AvgIpc) is 3.10. The van der Waals surface area contributed by atoms with Gasteiger partial charge in [-0.1, -0.05) is 13.8 Å². The van der Waals surface area contributed by atoms with Gasteiger partial charge in [0.05, 0.1) is 0 Å². The fourth-order valence-electron chi connectivity index (χ4n) is 3.29. The van der Waals surface area contributed by atoms with Crippen molar-refractivity contribution in [3.05, 3.63) is 30.1 Å². The van der Waals surface area contributed by atoms with Crippen LogP contribution < -0.4 is 26.4 Å². The van der Waals surface area contributed by atoms with Gasteiger partial charge in [0.2, 0.25) is 17.7 Å². The Balaban J connectivity index is 1.95. The second-order valence-corrected chi connectivity index (χ2v) is 7.97. The van der Waals surface area contributed by atoms with E-state index in [1.165, 1.54) is 24.3 Å². The van der Waals surface area contributed by atoms with Crippen molar-refractivity contribution < 1.29 is 28.3 Å². The smallest absolute Gasteiger partial charge is 0.258 e. The topological polar surface area (TPSA) is 140 Å². The van der Waals surface area contributed by atoms with E-state index in [2.05, 4.69) is 16.0 Å². The largest absolute Gasteiger partial charge is 0.484 e. The van der Waals surface area contributed by atoms with Gasteiger partial charge in [0.25, 0.3) is 5.91 Å². The lowest BCUT2D eigenvalue weighted by atomic mass is 9.97. The molecule has 1 saturated heterocycles. The van der Waals surface area contributed by atoms with Gasteiger partial charge in [0, 0.05) is 12.5 Å². The highest BCUT2D eigenvalue weighted by Gasteiger charge is 2.32. The maximum absolute atomic E-state index is 12.9. The summed E-state index contributed by atoms with van der Waals surface area (Å²) in [5.41, 5.74) is 5.41. The van der Waals surface area contributed by atoms with Crippen LogP contribution in [0.5, 0.6) is 5.75 Å². The Bertz CT molecular complexity index is 799. The Morgan fingerprint density at radius 2 is 1.87 bits per heavy atom. The lowest BCUT2D eigenvalue weighted by molar-refractivity contribution is -0.132. The van der Waals surface area contributed by atoms with Crippen molar-refractivity contribution in [3.8, 4) is 5.75 Å². The number of nitrogens with one attached hydrogen (secondary N) is 3. The molecule has 31 heavy (non-hydrogen) atoms. The summed E-state index contributed by atoms with van der Waals surface area (Å²) >= 11 is 0. The number of carbonyl (C=O) groups excluding carboxylic acids is 4. The van der Waals surface area contributed by atoms with Crippen LogP contribution in [0.3, 0.4) is 0 Å². The van der Waals surface area contributed by atoms with Crippen LogP contribution in [0, 0.1) is 17.7 Å². The molecule has 0 saturated carbocycles. The van der Waals surface area contributed by atoms with Crippen molar-refractivity contribution in [3.63, 3.8) is 0 Å². The minimum absolute atomic E-state index is 0.0710. The lowest BCUT2D eigenvalue weighted by Crippen LogP contribution is -2.54. The fourth-order valence-corrected chi connectivity index (χ4v) is 3.29. The normalized spacial score (nSPS) is 17.5. The minimum atomic E-state index is -1.02. The van der Waals surface area contributed by atoms with Crippen molar-refractivity contribution in [1.82, 2.24) is 16.0 Å². The predicted molar refractivity (Wildman–Crippen MR) is 110 cm³/mol. The van der Waals surface area contributed by atoms with E-state index < -0.39 is 41.5 Å². The molecule has 0 radical (unpaired) electrons. The summed E-state index contributed by atoms with van der Waals surface area (Å²) in [6, 6.07) is 3.25. The summed E-state index contributed by atoms with van der Waals surface area (Å²) in [4.78, 5) is 48.7. The summed E-state index contributed by atoms with van der Waals surface area (Å²) in [6.07, 6.45) is 0.984. The van der Waals surface area contributed by atoms with E-state index in [4.69, 9.17) is 10.5 Å². The molecule has 0 aromatic heterocycles. The van der Waals surface area contributed by atoms with Crippen molar-refractivity contribution >= 4 is 23.6 Å². The number of hydrogen-bond acceptors (Lipinski definition) is 5. The quantitative estimate of drug-likeness (QED) is 0.393. The average molecular weight is 436 g/mol. The lowest BCUT2D eigenvalue weighted by Gasteiger charge is -2.24. The Morgan fingerprint density at radius 3 is 2.42 bits per heavy atom. The number of primary amides is 1. The number of rotatable bonds is 11. The SMILES string of the molecule is CC(C)C[C@H](NC(=O)COc1ccc(F)cc1)C(=O)N[C@@H](C[C@@H]1CCNC1=O)C(N)=O. The third-order valence-corrected chi connectivity index (χ3v) is 4.89. The van der Waals surface area contributed by atoms with E-state index in [1.54, 1.807) is 0 Å². The Labute approximate surface area is 180 Å². The molecule has 2 rings (SSSR count). The molecular weight excluding hydrogens is 407 g/mol. The molecule has 1 aliphatic heterocycles. The van der Waals surface area contributed by atoms with Crippen LogP contribution in [0.2, 0.25) is 0 Å². The predicted octanol–water partition coefficient (Wildman–Crippen LogP) is 0.232. The highest BCUT2D eigenvalue weighted by Crippen LogP contribution is 2.16. The van der Waals surface area contributed by atoms with Crippen molar-refractivity contribution in [2.45, 2.75) is 45.2 Å². The van der Waals surface area contributed by atoms with Gasteiger partial charge >= 0.3 is 0 Å². The van der Waals surface area contributed by atoms with Crippen molar-refractivity contribution in [1.29, 1.82) is 0 Å². The molecule has 9 nitrogen and oxygen atoms in total. The monoisotopic (exact) mass is 436 g/mol. The number of hydrogen-bond donors (Lipinski definition) is 4. The Morgan fingerprint density at radius 1 is 1.19 bits per heavy atom. The van der Waals surface area contributed by atoms with E-state index in [9.17, 15) is 23.6 Å². The van der Waals surface area contributed by atoms with E-state index in [0.29, 0.717) is 25.1 Å². The highest BCUT2D eigenvalue weighted by atomic mass is 19.1. The van der Waals surface area contributed by atoms with Gasteiger partial charge in [-0.3, -0.25) is 19.2 Å². The molecule has 4 amide bonds. The number of amides is 4. The summed E-state index contributed by atoms with van der Waals surface area (Å²) in [7, 11) is 0. The maximum atomic E-state index is 12.9. The zero-order valence-corrected chi connectivity index (χ0v) is 17.7. The Kier molecular flexibility index (Phi) is 8.77. The van der Waals surface area contributed by atoms with E-state index >= 15 is 0 Å². The molecular formula is C21H29FN4O5. The standard InChI is InChI=1S/C21H29FN4O5/c1-12(2)9-17(25-18(27)11-31-15-5-3-14(22)4-6-15)21(30)26-16(19(23)28)10-13-7-8-24-20(13)29/h3-6,12-13,16-17H,7-11H2,1-2H3,(H2,23,28)(H,24,29)(H,25,27)(H,26,30)/t13-,16-,17-/m0/s1. The number of benzene rings is 1. The third-order valence-electron chi connectivity index (χ3n) is 4.89. The molecule has 1 aromatic carbocycles. The molecule has 0 unspecified atom stereocenters. The molecule has 0 bridgehead atoms. The Hall–Kier alpha value is -3.17. The number of ether oxygens (including phenoxy) is 1. The molecule has 1 aromatic rings. The molecule has 170 valence electrons. The summed E-state index contributed by atoms with van der Waals surface area (Å²) in [5.74, 6) is -2.48. The first-order chi connectivity index (χ1) is 14.7. The zero-order chi connectivity index (χ0) is 23.0. The molecule has 1 fully saturated rings. The zero-order valence-electron chi connectivity index (χ0n) is 17.7. The van der Waals surface area contributed by atoms with Crippen molar-refractivity contribution in [2.24, 2.45) is 17.6 Å². The summed E-state index contributed by atoms with van der Waals surface area (Å²) < 4.78 is 18.2. The summed E-state index contributed by atoms with van der Waals surface area (Å²) in [6.45, 7) is 3.92. The minimum Gasteiger partial charge on any atom is -0.484 e. The number of carbonyl (C=O) groups is 4. The molecule has 5 N–H and O–H groups in total. The van der Waals surface area contributed by atoms with Crippen LogP contribution in [-0.4, -0.2) is 48.9 Å². The van der Waals surface area contributed by atoms with Crippen molar-refractivity contribution in [2.75, 3.05) is 13.2 Å². The maximum Gasteiger partial charge on any atom is 0.258 e. The molecule has 0 spiro atoms. The third kappa shape index (κ3) is 7.88. The first-order valence-corrected chi connectivity index (χ1v) is 10.2. The fraction of sp³-hybridized carbons (Fsp3) is 0.524. The molecule has 0 aliphatic carbocycles. The van der Waals surface area contributed by atoms with Gasteiger partial charge in [0.15, 0.2) is 6.61 Å². The molecule has 10 heteroatoms. The van der Waals surface area contributed by atoms with E-state index in [-0.39, 0.29) is 24.9 Å². The van der Waals surface area contributed by atoms with Crippen LogP contribution in [0.25, 0.3) is 0 Å². The van der Waals surface area contributed by atoms with Gasteiger partial charge in [-0.25, -0.2) is 4.39 Å². The van der Waals surface area contributed by atoms with E-state index in [0.717, 1.165) is 0 Å². The van der Waals surface area contributed by atoms with Gasteiger partial charge in [-0.15, -0.1) is 0 Å². The summed E-state index contributed by atoms with van der Waals surface area (Å²) in [5, 5.41) is 7.84. The first kappa shape index (κ1) is 24.1. The highest BCUT2D eigenvalue weighted by molar-refractivity contribution is 5.92. The van der Waals surface area contributed by atoms with Gasteiger partial charge in [-0.2, -0.15) is 0 Å². The van der Waals surface area contributed by atoms with Crippen LogP contribution in [-0.2, 0) is 19.2 Å². The van der Waals surface area contributed by atoms with Crippen LogP contribution in [0.1, 0.15) is 33.1 Å². The van der Waals surface area contributed by atoms with Gasteiger partial charge in [0.1, 0.15) is 23.7 Å². The van der Waals surface area contributed by atoms with Crippen LogP contribution in [0.15, 0.2) is 24.3 Å². The van der Waals surface area contributed by atoms with Gasteiger partial charge in [-0.05, 0) is 49.4 Å². The van der Waals surface area contributed by atoms with Gasteiger partial charge < -0.3 is 26.4 Å².